The summed E-state index contributed by atoms with van der Waals surface area (Å²) in [5.41, 5.74) is 0.674. The number of aliphatic hydroxyl groups excluding tert-OH is 1. The summed E-state index contributed by atoms with van der Waals surface area (Å²) in [7, 11) is 0. The molecule has 1 amide bonds. The lowest BCUT2D eigenvalue weighted by atomic mass is 10.0. The molecule has 2 aliphatic heterocycles. The van der Waals surface area contributed by atoms with Gasteiger partial charge in [-0.2, -0.15) is 0 Å². The molecule has 23 heavy (non-hydrogen) atoms. The van der Waals surface area contributed by atoms with Crippen molar-refractivity contribution in [3.63, 3.8) is 0 Å². The minimum absolute atomic E-state index is 0.168. The highest BCUT2D eigenvalue weighted by atomic mass is 19.1. The SMILES string of the molecule is O=C(CO)N1CCCC(N2CCN(c3ccccc3F)CC2)C1. The Kier molecular flexibility index (Phi) is 5.13. The van der Waals surface area contributed by atoms with Crippen molar-refractivity contribution in [3.8, 4) is 0 Å². The molecule has 6 heteroatoms. The van der Waals surface area contributed by atoms with Crippen LogP contribution in [0.2, 0.25) is 0 Å². The lowest BCUT2D eigenvalue weighted by Gasteiger charge is -2.43. The fraction of sp³-hybridized carbons (Fsp3) is 0.588. The van der Waals surface area contributed by atoms with Gasteiger partial charge in [-0.1, -0.05) is 12.1 Å². The van der Waals surface area contributed by atoms with Crippen LogP contribution < -0.4 is 4.90 Å². The monoisotopic (exact) mass is 321 g/mol. The molecule has 1 atom stereocenters. The number of anilines is 1. The predicted octanol–water partition coefficient (Wildman–Crippen LogP) is 0.931. The van der Waals surface area contributed by atoms with Gasteiger partial charge < -0.3 is 14.9 Å². The Labute approximate surface area is 136 Å². The molecule has 0 spiro atoms. The van der Waals surface area contributed by atoms with Gasteiger partial charge in [-0.05, 0) is 25.0 Å². The molecule has 2 fully saturated rings. The number of rotatable bonds is 3. The molecule has 1 unspecified atom stereocenters. The summed E-state index contributed by atoms with van der Waals surface area (Å²) in [6.07, 6.45) is 2.05. The van der Waals surface area contributed by atoms with E-state index in [1.165, 1.54) is 6.07 Å². The van der Waals surface area contributed by atoms with Gasteiger partial charge in [0.2, 0.25) is 5.91 Å². The van der Waals surface area contributed by atoms with Gasteiger partial charge in [0, 0.05) is 45.3 Å². The second-order valence-corrected chi connectivity index (χ2v) is 6.27. The summed E-state index contributed by atoms with van der Waals surface area (Å²) in [6, 6.07) is 7.25. The number of piperazine rings is 1. The van der Waals surface area contributed by atoms with E-state index in [9.17, 15) is 9.18 Å². The first-order valence-corrected chi connectivity index (χ1v) is 8.31. The third kappa shape index (κ3) is 3.64. The number of aliphatic hydroxyl groups is 1. The molecule has 126 valence electrons. The number of halogens is 1. The van der Waals surface area contributed by atoms with Crippen LogP contribution in [-0.4, -0.2) is 72.7 Å². The first-order valence-electron chi connectivity index (χ1n) is 8.31. The molecule has 2 saturated heterocycles. The molecule has 0 aliphatic carbocycles. The summed E-state index contributed by atoms with van der Waals surface area (Å²) in [5, 5.41) is 9.02. The number of para-hydroxylation sites is 1. The molecular formula is C17H24FN3O2. The van der Waals surface area contributed by atoms with Gasteiger partial charge in [0.1, 0.15) is 12.4 Å². The first-order chi connectivity index (χ1) is 11.2. The maximum atomic E-state index is 13.9. The van der Waals surface area contributed by atoms with Gasteiger partial charge in [-0.25, -0.2) is 4.39 Å². The van der Waals surface area contributed by atoms with Crippen LogP contribution in [-0.2, 0) is 4.79 Å². The van der Waals surface area contributed by atoms with Crippen molar-refractivity contribution in [3.05, 3.63) is 30.1 Å². The standard InChI is InChI=1S/C17H24FN3O2/c18-15-5-1-2-6-16(15)20-10-8-19(9-11-20)14-4-3-7-21(12-14)17(23)13-22/h1-2,5-6,14,22H,3-4,7-13H2. The molecule has 1 aromatic rings. The van der Waals surface area contributed by atoms with Crippen LogP contribution >= 0.6 is 0 Å². The fourth-order valence-electron chi connectivity index (χ4n) is 3.62. The van der Waals surface area contributed by atoms with Crippen molar-refractivity contribution < 1.29 is 14.3 Å². The Balaban J connectivity index is 1.56. The molecule has 2 aliphatic rings. The van der Waals surface area contributed by atoms with Gasteiger partial charge in [-0.3, -0.25) is 9.69 Å². The Morgan fingerprint density at radius 3 is 2.61 bits per heavy atom. The number of carbonyl (C=O) groups excluding carboxylic acids is 1. The number of benzene rings is 1. The number of carbonyl (C=O) groups is 1. The van der Waals surface area contributed by atoms with Crippen molar-refractivity contribution in [2.75, 3.05) is 50.8 Å². The smallest absolute Gasteiger partial charge is 0.248 e. The van der Waals surface area contributed by atoms with Crippen LogP contribution in [0.1, 0.15) is 12.8 Å². The maximum Gasteiger partial charge on any atom is 0.248 e. The van der Waals surface area contributed by atoms with E-state index in [2.05, 4.69) is 9.80 Å². The number of hydrogen-bond donors (Lipinski definition) is 1. The largest absolute Gasteiger partial charge is 0.387 e. The second-order valence-electron chi connectivity index (χ2n) is 6.27. The van der Waals surface area contributed by atoms with E-state index in [4.69, 9.17) is 5.11 Å². The Morgan fingerprint density at radius 2 is 1.91 bits per heavy atom. The molecule has 1 aromatic carbocycles. The highest BCUT2D eigenvalue weighted by molar-refractivity contribution is 5.77. The van der Waals surface area contributed by atoms with Gasteiger partial charge in [-0.15, -0.1) is 0 Å². The fourth-order valence-corrected chi connectivity index (χ4v) is 3.62. The topological polar surface area (TPSA) is 47.0 Å². The average Bonchev–Trinajstić information content (AvgIpc) is 2.62. The lowest BCUT2D eigenvalue weighted by molar-refractivity contribution is -0.136. The van der Waals surface area contributed by atoms with Crippen LogP contribution in [0.3, 0.4) is 0 Å². The predicted molar refractivity (Wildman–Crippen MR) is 86.9 cm³/mol. The first kappa shape index (κ1) is 16.2. The molecule has 5 nitrogen and oxygen atoms in total. The Morgan fingerprint density at radius 1 is 1.17 bits per heavy atom. The zero-order chi connectivity index (χ0) is 16.2. The van der Waals surface area contributed by atoms with E-state index in [1.807, 2.05) is 12.1 Å². The number of hydrogen-bond acceptors (Lipinski definition) is 4. The quantitative estimate of drug-likeness (QED) is 0.900. The minimum atomic E-state index is -0.409. The van der Waals surface area contributed by atoms with E-state index < -0.39 is 6.61 Å². The zero-order valence-electron chi connectivity index (χ0n) is 13.3. The van der Waals surface area contributed by atoms with Crippen LogP contribution in [0, 0.1) is 5.82 Å². The van der Waals surface area contributed by atoms with Crippen molar-refractivity contribution in [1.82, 2.24) is 9.80 Å². The summed E-state index contributed by atoms with van der Waals surface area (Å²) in [4.78, 5) is 17.9. The van der Waals surface area contributed by atoms with Gasteiger partial charge in [0.25, 0.3) is 0 Å². The number of nitrogens with zero attached hydrogens (tertiary/aromatic N) is 3. The number of likely N-dealkylation sites (tertiary alicyclic amines) is 1. The summed E-state index contributed by atoms with van der Waals surface area (Å²) in [5.74, 6) is -0.349. The van der Waals surface area contributed by atoms with Crippen molar-refractivity contribution >= 4 is 11.6 Å². The van der Waals surface area contributed by atoms with Gasteiger partial charge in [0.05, 0.1) is 5.69 Å². The second kappa shape index (κ2) is 7.27. The van der Waals surface area contributed by atoms with Crippen molar-refractivity contribution in [1.29, 1.82) is 0 Å². The van der Waals surface area contributed by atoms with Crippen LogP contribution in [0.15, 0.2) is 24.3 Å². The highest BCUT2D eigenvalue weighted by Crippen LogP contribution is 2.23. The van der Waals surface area contributed by atoms with E-state index in [0.29, 0.717) is 18.3 Å². The normalized spacial score (nSPS) is 23.1. The summed E-state index contributed by atoms with van der Waals surface area (Å²) in [6.45, 7) is 4.37. The van der Waals surface area contributed by atoms with E-state index in [-0.39, 0.29) is 11.7 Å². The molecule has 0 saturated carbocycles. The summed E-state index contributed by atoms with van der Waals surface area (Å²) >= 11 is 0. The maximum absolute atomic E-state index is 13.9. The molecule has 3 rings (SSSR count). The third-order valence-electron chi connectivity index (χ3n) is 4.91. The van der Waals surface area contributed by atoms with Crippen LogP contribution in [0.5, 0.6) is 0 Å². The Hall–Kier alpha value is -1.66. The molecule has 0 aromatic heterocycles. The third-order valence-corrected chi connectivity index (χ3v) is 4.91. The van der Waals surface area contributed by atoms with Crippen molar-refractivity contribution in [2.24, 2.45) is 0 Å². The molecule has 1 N–H and O–H groups in total. The zero-order valence-corrected chi connectivity index (χ0v) is 13.3. The Bertz CT molecular complexity index is 546. The highest BCUT2D eigenvalue weighted by Gasteiger charge is 2.30. The van der Waals surface area contributed by atoms with E-state index in [0.717, 1.165) is 45.6 Å². The average molecular weight is 321 g/mol. The van der Waals surface area contributed by atoms with Crippen LogP contribution in [0.25, 0.3) is 0 Å². The molecule has 0 bridgehead atoms. The molecule has 0 radical (unpaired) electrons. The lowest BCUT2D eigenvalue weighted by Crippen LogP contribution is -2.56. The van der Waals surface area contributed by atoms with Gasteiger partial charge >= 0.3 is 0 Å². The number of amides is 1. The van der Waals surface area contributed by atoms with Crippen molar-refractivity contribution in [2.45, 2.75) is 18.9 Å². The number of piperidine rings is 1. The van der Waals surface area contributed by atoms with E-state index >= 15 is 0 Å². The summed E-state index contributed by atoms with van der Waals surface area (Å²) < 4.78 is 13.9. The molecular weight excluding hydrogens is 297 g/mol. The van der Waals surface area contributed by atoms with E-state index in [1.54, 1.807) is 11.0 Å². The molecule has 2 heterocycles. The van der Waals surface area contributed by atoms with Crippen LogP contribution in [0.4, 0.5) is 10.1 Å². The minimum Gasteiger partial charge on any atom is -0.387 e. The van der Waals surface area contributed by atoms with Gasteiger partial charge in [0.15, 0.2) is 0 Å².